The van der Waals surface area contributed by atoms with Crippen LogP contribution in [-0.2, 0) is 0 Å². The van der Waals surface area contributed by atoms with Crippen LogP contribution >= 0.6 is 0 Å². The summed E-state index contributed by atoms with van der Waals surface area (Å²) in [5.41, 5.74) is 3.69. The van der Waals surface area contributed by atoms with Gasteiger partial charge in [-0.3, -0.25) is 0 Å². The molecule has 0 aliphatic rings. The van der Waals surface area contributed by atoms with E-state index in [0.29, 0.717) is 50.1 Å². The maximum atomic E-state index is 9.42. The largest absolute Gasteiger partial charge is 0.455 e. The first-order chi connectivity index (χ1) is 24.2. The van der Waals surface area contributed by atoms with Gasteiger partial charge < -0.3 is 8.83 Å². The van der Waals surface area contributed by atoms with Crippen molar-refractivity contribution >= 4 is 54.5 Å². The predicted molar refractivity (Wildman–Crippen MR) is 175 cm³/mol. The molecular formula is C40H24O2. The summed E-state index contributed by atoms with van der Waals surface area (Å²) < 4.78 is 85.8. The van der Waals surface area contributed by atoms with Crippen LogP contribution in [0.25, 0.3) is 88.0 Å². The fourth-order valence-electron chi connectivity index (χ4n) is 6.17. The van der Waals surface area contributed by atoms with E-state index >= 15 is 0 Å². The molecule has 0 saturated heterocycles. The predicted octanol–water partition coefficient (Wildman–Crippen LogP) is 11.6. The molecule has 2 heteroatoms. The lowest BCUT2D eigenvalue weighted by Crippen LogP contribution is -1.91. The molecule has 2 heterocycles. The van der Waals surface area contributed by atoms with Crippen molar-refractivity contribution in [1.29, 1.82) is 0 Å². The first kappa shape index (κ1) is 16.6. The summed E-state index contributed by atoms with van der Waals surface area (Å²) in [5, 5.41) is 2.69. The summed E-state index contributed by atoms with van der Waals surface area (Å²) >= 11 is 0. The van der Waals surface area contributed by atoms with Crippen LogP contribution in [-0.4, -0.2) is 0 Å². The van der Waals surface area contributed by atoms with Gasteiger partial charge in [0.05, 0.1) is 16.4 Å². The van der Waals surface area contributed by atoms with Crippen molar-refractivity contribution in [3.05, 3.63) is 145 Å². The number of furan rings is 2. The van der Waals surface area contributed by atoms with E-state index in [1.165, 1.54) is 0 Å². The molecule has 0 bridgehead atoms. The molecule has 0 fully saturated rings. The molecule has 7 aromatic carbocycles. The third-order valence-corrected chi connectivity index (χ3v) is 7.92. The molecule has 2 nitrogen and oxygen atoms in total. The lowest BCUT2D eigenvalue weighted by atomic mass is 9.84. The minimum atomic E-state index is -0.467. The van der Waals surface area contributed by atoms with Gasteiger partial charge in [-0.2, -0.15) is 0 Å². The van der Waals surface area contributed by atoms with Crippen molar-refractivity contribution in [2.24, 2.45) is 0 Å². The Morgan fingerprint density at radius 3 is 1.64 bits per heavy atom. The molecule has 0 unspecified atom stereocenters. The van der Waals surface area contributed by atoms with E-state index in [1.807, 2.05) is 72.8 Å². The summed E-state index contributed by atoms with van der Waals surface area (Å²) in [6, 6.07) is 26.5. The molecule has 0 radical (unpaired) electrons. The average Bonchev–Trinajstić information content (AvgIpc) is 3.73. The molecule has 0 amide bonds. The average molecular weight is 545 g/mol. The molecule has 0 saturated carbocycles. The van der Waals surface area contributed by atoms with Crippen LogP contribution in [0.5, 0.6) is 0 Å². The second-order valence-corrected chi connectivity index (χ2v) is 10.2. The van der Waals surface area contributed by atoms with Crippen molar-refractivity contribution in [3.8, 4) is 33.6 Å². The van der Waals surface area contributed by atoms with Crippen LogP contribution in [0.2, 0.25) is 0 Å². The van der Waals surface area contributed by atoms with Gasteiger partial charge in [0, 0.05) is 27.5 Å². The Morgan fingerprint density at radius 1 is 0.405 bits per heavy atom. The molecule has 0 N–H and O–H groups in total. The van der Waals surface area contributed by atoms with Gasteiger partial charge in [-0.05, 0) is 50.9 Å². The Morgan fingerprint density at radius 2 is 0.976 bits per heavy atom. The zero-order valence-corrected chi connectivity index (χ0v) is 22.1. The van der Waals surface area contributed by atoms with Gasteiger partial charge in [0.1, 0.15) is 22.5 Å². The Kier molecular flexibility index (Phi) is 3.54. The van der Waals surface area contributed by atoms with E-state index in [9.17, 15) is 5.48 Å². The molecule has 0 aliphatic heterocycles. The van der Waals surface area contributed by atoms with Crippen molar-refractivity contribution in [3.63, 3.8) is 0 Å². The van der Waals surface area contributed by atoms with Crippen LogP contribution in [0.1, 0.15) is 11.0 Å². The van der Waals surface area contributed by atoms with Crippen LogP contribution in [0.15, 0.2) is 154 Å². The van der Waals surface area contributed by atoms with Crippen LogP contribution in [0.3, 0.4) is 0 Å². The minimum Gasteiger partial charge on any atom is -0.455 e. The summed E-state index contributed by atoms with van der Waals surface area (Å²) in [5.74, 6) is 0.364. The number of hydrogen-bond acceptors (Lipinski definition) is 2. The molecule has 0 aliphatic carbocycles. The number of hydrogen-bond donors (Lipinski definition) is 0. The number of benzene rings is 7. The van der Waals surface area contributed by atoms with Gasteiger partial charge >= 0.3 is 0 Å². The van der Waals surface area contributed by atoms with Gasteiger partial charge in [-0.1, -0.05) is 127 Å². The van der Waals surface area contributed by atoms with Crippen molar-refractivity contribution < 1.29 is 19.8 Å². The van der Waals surface area contributed by atoms with Crippen LogP contribution in [0, 0.1) is 0 Å². The minimum absolute atomic E-state index is 0.111. The molecule has 9 rings (SSSR count). The monoisotopic (exact) mass is 544 g/mol. The quantitative estimate of drug-likeness (QED) is 0.207. The first-order valence-corrected chi connectivity index (χ1v) is 13.6. The van der Waals surface area contributed by atoms with E-state index in [1.54, 1.807) is 24.3 Å². The molecular weight excluding hydrogens is 512 g/mol. The first-order valence-electron chi connectivity index (χ1n) is 17.6. The molecule has 196 valence electrons. The Bertz CT molecular complexity index is 2810. The van der Waals surface area contributed by atoms with Gasteiger partial charge in [-0.25, -0.2) is 0 Å². The number of para-hydroxylation sites is 1. The van der Waals surface area contributed by atoms with E-state index < -0.39 is 24.2 Å². The third kappa shape index (κ3) is 3.27. The number of rotatable bonds is 3. The molecule has 0 atom stereocenters. The highest BCUT2D eigenvalue weighted by molar-refractivity contribution is 6.28. The van der Waals surface area contributed by atoms with Gasteiger partial charge in [0.25, 0.3) is 0 Å². The highest BCUT2D eigenvalue weighted by Crippen LogP contribution is 2.51. The normalized spacial score (nSPS) is 14.5. The smallest absolute Gasteiger partial charge is 0.147 e. The fourth-order valence-corrected chi connectivity index (χ4v) is 6.17. The molecule has 0 spiro atoms. The van der Waals surface area contributed by atoms with E-state index in [0.717, 1.165) is 10.8 Å². The molecule has 9 aromatic rings. The van der Waals surface area contributed by atoms with E-state index in [-0.39, 0.29) is 51.3 Å². The number of fused-ring (bicyclic) bond motifs is 7. The highest BCUT2D eigenvalue weighted by Gasteiger charge is 2.26. The van der Waals surface area contributed by atoms with Crippen molar-refractivity contribution in [1.82, 2.24) is 0 Å². The molecule has 2 aromatic heterocycles. The second kappa shape index (κ2) is 8.95. The fraction of sp³-hybridized carbons (Fsp3) is 0. The topological polar surface area (TPSA) is 26.3 Å². The zero-order chi connectivity index (χ0) is 34.6. The van der Waals surface area contributed by atoms with Gasteiger partial charge in [0.2, 0.25) is 0 Å². The summed E-state index contributed by atoms with van der Waals surface area (Å²) in [6.45, 7) is 0. The van der Waals surface area contributed by atoms with Gasteiger partial charge in [-0.15, -0.1) is 0 Å². The summed E-state index contributed by atoms with van der Waals surface area (Å²) in [4.78, 5) is 0. The maximum absolute atomic E-state index is 9.42. The standard InChI is InChI=1S/C40H24O2/c1-3-13-25(14-4-1)35-28-18-7-9-20-30(28)36(31-21-10-8-19-29(31)35)38-37-34(42-39(38)26-15-5-2-6-16-26)24-23-32-27-17-11-12-22-33(27)41-40(32)37/h1-24H/i7D,8D,9D,10D,18D,19D,20D,21D. The van der Waals surface area contributed by atoms with Crippen LogP contribution < -0.4 is 0 Å². The van der Waals surface area contributed by atoms with Crippen LogP contribution in [0.4, 0.5) is 0 Å². The Balaban J connectivity index is 1.66. The Labute approximate surface area is 253 Å². The summed E-state index contributed by atoms with van der Waals surface area (Å²) in [6.07, 6.45) is 0. The lowest BCUT2D eigenvalue weighted by molar-refractivity contribution is 0.631. The van der Waals surface area contributed by atoms with Crippen molar-refractivity contribution in [2.75, 3.05) is 0 Å². The third-order valence-electron chi connectivity index (χ3n) is 7.92. The van der Waals surface area contributed by atoms with Crippen molar-refractivity contribution in [2.45, 2.75) is 0 Å². The second-order valence-electron chi connectivity index (χ2n) is 10.2. The Hall–Kier alpha value is -5.60. The van der Waals surface area contributed by atoms with E-state index in [4.69, 9.17) is 14.3 Å². The van der Waals surface area contributed by atoms with E-state index in [2.05, 4.69) is 0 Å². The lowest BCUT2D eigenvalue weighted by Gasteiger charge is -2.18. The maximum Gasteiger partial charge on any atom is 0.147 e. The van der Waals surface area contributed by atoms with Gasteiger partial charge in [0.15, 0.2) is 0 Å². The zero-order valence-electron chi connectivity index (χ0n) is 30.1. The summed E-state index contributed by atoms with van der Waals surface area (Å²) in [7, 11) is 0. The molecule has 42 heavy (non-hydrogen) atoms. The highest BCUT2D eigenvalue weighted by atomic mass is 16.3. The SMILES string of the molecule is [2H]c1c([2H])c([2H])c2c(-c3c(-c4ccccc4)oc4ccc5c6ccccc6oc5c34)c3c([2H])c([2H])c([2H])c([2H])c3c(-c3ccccc3)c2c1[2H].